The highest BCUT2D eigenvalue weighted by atomic mass is 32.1. The van der Waals surface area contributed by atoms with Gasteiger partial charge in [0.25, 0.3) is 0 Å². The molecule has 0 N–H and O–H groups in total. The molecule has 8 nitrogen and oxygen atoms in total. The van der Waals surface area contributed by atoms with E-state index in [2.05, 4.69) is 20.6 Å². The van der Waals surface area contributed by atoms with Crippen LogP contribution in [0.2, 0.25) is 0 Å². The summed E-state index contributed by atoms with van der Waals surface area (Å²) in [5, 5.41) is 17.7. The topological polar surface area (TPSA) is 87.7 Å². The minimum Gasteiger partial charge on any atom is -0.422 e. The first-order valence-corrected chi connectivity index (χ1v) is 9.91. The van der Waals surface area contributed by atoms with Crippen LogP contribution in [0, 0.1) is 0 Å². The lowest BCUT2D eigenvalue weighted by Crippen LogP contribution is -2.14. The summed E-state index contributed by atoms with van der Waals surface area (Å²) in [7, 11) is 0. The zero-order chi connectivity index (χ0) is 20.3. The first kappa shape index (κ1) is 18.0. The van der Waals surface area contributed by atoms with Gasteiger partial charge in [-0.05, 0) is 58.3 Å². The standard InChI is InChI=1S/C21H14N6O2S/c28-21(29-17-10-8-15(9-11-17)26-14-22-24-25-26)19-13-18(20-7-4-12-30-20)23-27(19)16-5-2-1-3-6-16/h1-14H. The third kappa shape index (κ3) is 3.49. The number of ether oxygens (including phenoxy) is 1. The number of hydrogen-bond acceptors (Lipinski definition) is 7. The van der Waals surface area contributed by atoms with Crippen LogP contribution in [0.15, 0.2) is 84.5 Å². The molecule has 0 bridgehead atoms. The number of carbonyl (C=O) groups is 1. The highest BCUT2D eigenvalue weighted by molar-refractivity contribution is 7.13. The van der Waals surface area contributed by atoms with Gasteiger partial charge in [-0.1, -0.05) is 24.3 Å². The fraction of sp³-hybridized carbons (Fsp3) is 0. The van der Waals surface area contributed by atoms with Crippen LogP contribution in [0.5, 0.6) is 5.75 Å². The van der Waals surface area contributed by atoms with Crippen LogP contribution in [0.3, 0.4) is 0 Å². The van der Waals surface area contributed by atoms with E-state index in [1.807, 2.05) is 47.8 Å². The zero-order valence-electron chi connectivity index (χ0n) is 15.5. The van der Waals surface area contributed by atoms with Crippen molar-refractivity contribution < 1.29 is 9.53 Å². The van der Waals surface area contributed by atoms with Crippen molar-refractivity contribution in [2.24, 2.45) is 0 Å². The van der Waals surface area contributed by atoms with Crippen molar-refractivity contribution >= 4 is 17.3 Å². The van der Waals surface area contributed by atoms with Crippen LogP contribution in [0.4, 0.5) is 0 Å². The predicted octanol–water partition coefficient (Wildman–Crippen LogP) is 3.80. The molecule has 0 fully saturated rings. The van der Waals surface area contributed by atoms with Crippen molar-refractivity contribution in [2.45, 2.75) is 0 Å². The molecule has 146 valence electrons. The summed E-state index contributed by atoms with van der Waals surface area (Å²) >= 11 is 1.56. The Bertz CT molecular complexity index is 1260. The number of para-hydroxylation sites is 1. The molecule has 0 aliphatic carbocycles. The van der Waals surface area contributed by atoms with Crippen LogP contribution >= 0.6 is 11.3 Å². The van der Waals surface area contributed by atoms with Crippen molar-refractivity contribution in [2.75, 3.05) is 0 Å². The molecule has 5 rings (SSSR count). The van der Waals surface area contributed by atoms with Gasteiger partial charge in [0, 0.05) is 6.07 Å². The average Bonchev–Trinajstić information content (AvgIpc) is 3.56. The number of thiophene rings is 1. The van der Waals surface area contributed by atoms with E-state index in [1.54, 1.807) is 46.4 Å². The van der Waals surface area contributed by atoms with Gasteiger partial charge in [-0.25, -0.2) is 14.2 Å². The zero-order valence-corrected chi connectivity index (χ0v) is 16.3. The molecule has 0 unspecified atom stereocenters. The van der Waals surface area contributed by atoms with Gasteiger partial charge in [0.2, 0.25) is 0 Å². The summed E-state index contributed by atoms with van der Waals surface area (Å²) in [5.74, 6) is -0.0837. The number of tetrazole rings is 1. The minimum absolute atomic E-state index is 0.342. The SMILES string of the molecule is O=C(Oc1ccc(-n2cnnn2)cc1)c1cc(-c2cccs2)nn1-c1ccccc1. The van der Waals surface area contributed by atoms with Crippen LogP contribution < -0.4 is 4.74 Å². The van der Waals surface area contributed by atoms with Gasteiger partial charge in [-0.2, -0.15) is 5.10 Å². The molecule has 0 amide bonds. The minimum atomic E-state index is -0.496. The molecule has 0 aliphatic heterocycles. The lowest BCUT2D eigenvalue weighted by atomic mass is 10.3. The van der Waals surface area contributed by atoms with Crippen molar-refractivity contribution in [3.8, 4) is 27.7 Å². The van der Waals surface area contributed by atoms with Gasteiger partial charge in [0.1, 0.15) is 17.8 Å². The second-order valence-electron chi connectivity index (χ2n) is 6.28. The predicted molar refractivity (Wildman–Crippen MR) is 111 cm³/mol. The van der Waals surface area contributed by atoms with E-state index < -0.39 is 5.97 Å². The molecule has 0 aliphatic rings. The third-order valence-corrected chi connectivity index (χ3v) is 5.25. The van der Waals surface area contributed by atoms with Crippen LogP contribution in [0.25, 0.3) is 21.9 Å². The molecule has 2 aromatic carbocycles. The Morgan fingerprint density at radius 2 is 1.77 bits per heavy atom. The van der Waals surface area contributed by atoms with E-state index in [9.17, 15) is 4.79 Å². The van der Waals surface area contributed by atoms with E-state index >= 15 is 0 Å². The second kappa shape index (κ2) is 7.72. The van der Waals surface area contributed by atoms with Gasteiger partial charge >= 0.3 is 5.97 Å². The van der Waals surface area contributed by atoms with Crippen molar-refractivity contribution in [3.05, 3.63) is 90.2 Å². The summed E-state index contributed by atoms with van der Waals surface area (Å²) in [5.41, 5.74) is 2.60. The molecule has 9 heteroatoms. The Morgan fingerprint density at radius 1 is 0.933 bits per heavy atom. The largest absolute Gasteiger partial charge is 0.422 e. The van der Waals surface area contributed by atoms with Gasteiger partial charge in [-0.15, -0.1) is 16.4 Å². The Balaban J connectivity index is 1.46. The molecular formula is C21H14N6O2S. The van der Waals surface area contributed by atoms with E-state index in [4.69, 9.17) is 4.74 Å². The molecule has 0 radical (unpaired) electrons. The van der Waals surface area contributed by atoms with Crippen molar-refractivity contribution in [1.29, 1.82) is 0 Å². The number of benzene rings is 2. The summed E-state index contributed by atoms with van der Waals surface area (Å²) < 4.78 is 8.73. The first-order valence-electron chi connectivity index (χ1n) is 9.03. The maximum absolute atomic E-state index is 13.0. The number of nitrogens with zero attached hydrogens (tertiary/aromatic N) is 6. The number of hydrogen-bond donors (Lipinski definition) is 0. The third-order valence-electron chi connectivity index (χ3n) is 4.35. The number of rotatable bonds is 5. The summed E-state index contributed by atoms with van der Waals surface area (Å²) in [6, 6.07) is 22.1. The Hall–Kier alpha value is -4.11. The molecule has 30 heavy (non-hydrogen) atoms. The van der Waals surface area contributed by atoms with Crippen molar-refractivity contribution in [1.82, 2.24) is 30.0 Å². The molecule has 0 atom stereocenters. The Kier molecular flexibility index (Phi) is 4.62. The molecule has 0 spiro atoms. The van der Waals surface area contributed by atoms with E-state index in [0.29, 0.717) is 11.4 Å². The van der Waals surface area contributed by atoms with Crippen molar-refractivity contribution in [3.63, 3.8) is 0 Å². The number of esters is 1. The summed E-state index contributed by atoms with van der Waals surface area (Å²) in [4.78, 5) is 14.0. The average molecular weight is 414 g/mol. The summed E-state index contributed by atoms with van der Waals surface area (Å²) in [6.07, 6.45) is 1.49. The fourth-order valence-corrected chi connectivity index (χ4v) is 3.62. The molecular weight excluding hydrogens is 400 g/mol. The van der Waals surface area contributed by atoms with Gasteiger partial charge in [0.05, 0.1) is 16.3 Å². The number of carbonyl (C=O) groups excluding carboxylic acids is 1. The van der Waals surface area contributed by atoms with Gasteiger partial charge in [-0.3, -0.25) is 0 Å². The Morgan fingerprint density at radius 3 is 2.47 bits per heavy atom. The molecule has 0 saturated carbocycles. The van der Waals surface area contributed by atoms with Gasteiger partial charge < -0.3 is 4.74 Å². The smallest absolute Gasteiger partial charge is 0.362 e. The lowest BCUT2D eigenvalue weighted by molar-refractivity contribution is 0.0725. The Labute approximate surface area is 175 Å². The molecule has 5 aromatic rings. The number of aromatic nitrogens is 6. The van der Waals surface area contributed by atoms with Crippen LogP contribution in [0.1, 0.15) is 10.5 Å². The fourth-order valence-electron chi connectivity index (χ4n) is 2.94. The maximum Gasteiger partial charge on any atom is 0.362 e. The van der Waals surface area contributed by atoms with E-state index in [-0.39, 0.29) is 0 Å². The molecule has 3 heterocycles. The second-order valence-corrected chi connectivity index (χ2v) is 7.22. The highest BCUT2D eigenvalue weighted by Gasteiger charge is 2.20. The van der Waals surface area contributed by atoms with E-state index in [1.165, 1.54) is 11.0 Å². The summed E-state index contributed by atoms with van der Waals surface area (Å²) in [6.45, 7) is 0. The van der Waals surface area contributed by atoms with Crippen LogP contribution in [-0.4, -0.2) is 36.0 Å². The normalized spacial score (nSPS) is 10.8. The van der Waals surface area contributed by atoms with Gasteiger partial charge in [0.15, 0.2) is 5.69 Å². The van der Waals surface area contributed by atoms with E-state index in [0.717, 1.165) is 21.9 Å². The highest BCUT2D eigenvalue weighted by Crippen LogP contribution is 2.26. The molecule has 0 saturated heterocycles. The quantitative estimate of drug-likeness (QED) is 0.321. The molecule has 3 aromatic heterocycles. The lowest BCUT2D eigenvalue weighted by Gasteiger charge is -2.08. The first-order chi connectivity index (χ1) is 14.8. The monoisotopic (exact) mass is 414 g/mol. The van der Waals surface area contributed by atoms with Crippen LogP contribution in [-0.2, 0) is 0 Å². The maximum atomic E-state index is 13.0.